The maximum Gasteiger partial charge on any atom is 0.417 e. The van der Waals surface area contributed by atoms with Gasteiger partial charge < -0.3 is 10.1 Å². The van der Waals surface area contributed by atoms with E-state index in [4.69, 9.17) is 16.3 Å². The topological polar surface area (TPSA) is 64.1 Å². The van der Waals surface area contributed by atoms with E-state index < -0.39 is 11.7 Å². The smallest absolute Gasteiger partial charge is 0.417 e. The van der Waals surface area contributed by atoms with Crippen molar-refractivity contribution < 1.29 is 22.7 Å². The van der Waals surface area contributed by atoms with Crippen molar-refractivity contribution in [1.29, 1.82) is 0 Å². The third-order valence-electron chi connectivity index (χ3n) is 4.14. The molecule has 0 aliphatic rings. The van der Waals surface area contributed by atoms with Gasteiger partial charge in [-0.1, -0.05) is 30.7 Å². The first-order chi connectivity index (χ1) is 14.3. The molecular formula is C21H17ClF3N3O2. The highest BCUT2D eigenvalue weighted by atomic mass is 35.5. The molecule has 0 aliphatic heterocycles. The second kappa shape index (κ2) is 9.13. The molecule has 0 atom stereocenters. The van der Waals surface area contributed by atoms with Gasteiger partial charge in [0.15, 0.2) is 0 Å². The van der Waals surface area contributed by atoms with Crippen LogP contribution in [0.5, 0.6) is 11.6 Å². The molecule has 5 nitrogen and oxygen atoms in total. The van der Waals surface area contributed by atoms with E-state index in [1.165, 1.54) is 0 Å². The summed E-state index contributed by atoms with van der Waals surface area (Å²) in [5.74, 6) is 0.173. The minimum atomic E-state index is -4.45. The molecule has 0 aliphatic carbocycles. The molecule has 1 N–H and O–H groups in total. The number of aromatic nitrogens is 2. The maximum absolute atomic E-state index is 12.6. The van der Waals surface area contributed by atoms with Crippen molar-refractivity contribution in [1.82, 2.24) is 9.97 Å². The third kappa shape index (κ3) is 5.48. The molecule has 0 bridgehead atoms. The Hall–Kier alpha value is -3.13. The van der Waals surface area contributed by atoms with E-state index >= 15 is 0 Å². The Morgan fingerprint density at radius 3 is 2.43 bits per heavy atom. The lowest BCUT2D eigenvalue weighted by molar-refractivity contribution is -0.137. The predicted molar refractivity (Wildman–Crippen MR) is 107 cm³/mol. The fourth-order valence-corrected chi connectivity index (χ4v) is 2.91. The van der Waals surface area contributed by atoms with E-state index in [2.05, 4.69) is 15.3 Å². The summed E-state index contributed by atoms with van der Waals surface area (Å²) in [4.78, 5) is 20.1. The van der Waals surface area contributed by atoms with E-state index in [1.54, 1.807) is 36.5 Å². The van der Waals surface area contributed by atoms with E-state index in [0.29, 0.717) is 34.8 Å². The lowest BCUT2D eigenvalue weighted by atomic mass is 10.1. The van der Waals surface area contributed by atoms with Gasteiger partial charge in [-0.15, -0.1) is 0 Å². The number of anilines is 1. The van der Waals surface area contributed by atoms with Gasteiger partial charge in [0.05, 0.1) is 28.4 Å². The minimum absolute atomic E-state index is 0.0348. The molecule has 2 aromatic heterocycles. The number of pyridine rings is 2. The van der Waals surface area contributed by atoms with Gasteiger partial charge in [0.1, 0.15) is 5.75 Å². The van der Waals surface area contributed by atoms with Gasteiger partial charge in [-0.05, 0) is 36.2 Å². The molecule has 0 saturated carbocycles. The van der Waals surface area contributed by atoms with Gasteiger partial charge in [0.25, 0.3) is 0 Å². The van der Waals surface area contributed by atoms with Crippen LogP contribution in [0, 0.1) is 0 Å². The van der Waals surface area contributed by atoms with Crippen LogP contribution in [0.2, 0.25) is 5.02 Å². The first-order valence-corrected chi connectivity index (χ1v) is 9.37. The zero-order chi connectivity index (χ0) is 21.7. The van der Waals surface area contributed by atoms with Crippen LogP contribution in [0.3, 0.4) is 0 Å². The number of benzene rings is 1. The molecule has 9 heteroatoms. The average molecular weight is 436 g/mol. The number of ether oxygens (including phenoxy) is 1. The molecule has 0 saturated heterocycles. The number of carbonyl (C=O) groups excluding carboxylic acids is 1. The van der Waals surface area contributed by atoms with Crippen molar-refractivity contribution in [3.05, 3.63) is 76.7 Å². The number of rotatable bonds is 6. The van der Waals surface area contributed by atoms with Crippen molar-refractivity contribution in [3.63, 3.8) is 0 Å². The van der Waals surface area contributed by atoms with Crippen LogP contribution in [0.25, 0.3) is 0 Å². The molecule has 0 radical (unpaired) electrons. The summed E-state index contributed by atoms with van der Waals surface area (Å²) in [5, 5.41) is 3.18. The summed E-state index contributed by atoms with van der Waals surface area (Å²) in [6, 6.07) is 10.3. The second-order valence-electron chi connectivity index (χ2n) is 6.33. The van der Waals surface area contributed by atoms with Crippen molar-refractivity contribution in [3.8, 4) is 11.6 Å². The number of hydrogen-bond donors (Lipinski definition) is 1. The Bertz CT molecular complexity index is 1020. The van der Waals surface area contributed by atoms with Gasteiger partial charge in [-0.2, -0.15) is 13.2 Å². The zero-order valence-corrected chi connectivity index (χ0v) is 16.6. The van der Waals surface area contributed by atoms with Crippen molar-refractivity contribution in [2.24, 2.45) is 0 Å². The highest BCUT2D eigenvalue weighted by Crippen LogP contribution is 2.30. The summed E-state index contributed by atoms with van der Waals surface area (Å²) < 4.78 is 43.1. The van der Waals surface area contributed by atoms with Crippen LogP contribution in [0.15, 0.2) is 54.9 Å². The molecule has 2 heterocycles. The number of nitrogens with zero attached hydrogens (tertiary/aromatic N) is 2. The predicted octanol–water partition coefficient (Wildman–Crippen LogP) is 5.68. The lowest BCUT2D eigenvalue weighted by Gasteiger charge is -2.10. The third-order valence-corrected chi connectivity index (χ3v) is 4.57. The molecule has 0 spiro atoms. The number of alkyl halides is 3. The largest absolute Gasteiger partial charge is 0.439 e. The van der Waals surface area contributed by atoms with E-state index in [0.717, 1.165) is 17.7 Å². The average Bonchev–Trinajstić information content (AvgIpc) is 2.71. The van der Waals surface area contributed by atoms with E-state index in [1.807, 2.05) is 6.92 Å². The van der Waals surface area contributed by atoms with Crippen LogP contribution < -0.4 is 10.1 Å². The normalized spacial score (nSPS) is 11.2. The maximum atomic E-state index is 12.6. The SMILES string of the molecule is CCc1nccc(NC(=O)Cc2ccc(Oc3ccc(C(F)(F)F)cn3)cc2)c1Cl. The highest BCUT2D eigenvalue weighted by Gasteiger charge is 2.30. The first kappa shape index (κ1) is 21.6. The Balaban J connectivity index is 1.60. The molecule has 156 valence electrons. The minimum Gasteiger partial charge on any atom is -0.439 e. The number of amides is 1. The standard InChI is InChI=1S/C21H17ClF3N3O2/c1-2-16-20(22)17(9-10-26-16)28-18(29)11-13-3-6-15(7-4-13)30-19-8-5-14(12-27-19)21(23,24)25/h3-10,12H,2,11H2,1H3,(H,26,28,29). The molecule has 30 heavy (non-hydrogen) atoms. The molecule has 1 aromatic carbocycles. The highest BCUT2D eigenvalue weighted by molar-refractivity contribution is 6.34. The van der Waals surface area contributed by atoms with Crippen LogP contribution >= 0.6 is 11.6 Å². The fraction of sp³-hybridized carbons (Fsp3) is 0.190. The van der Waals surface area contributed by atoms with Crippen LogP contribution in [-0.4, -0.2) is 15.9 Å². The van der Waals surface area contributed by atoms with Crippen LogP contribution in [0.1, 0.15) is 23.7 Å². The molecule has 3 rings (SSSR count). The van der Waals surface area contributed by atoms with Crippen molar-refractivity contribution >= 4 is 23.2 Å². The Morgan fingerprint density at radius 2 is 1.83 bits per heavy atom. The second-order valence-corrected chi connectivity index (χ2v) is 6.70. The van der Waals surface area contributed by atoms with Crippen molar-refractivity contribution in [2.75, 3.05) is 5.32 Å². The quantitative estimate of drug-likeness (QED) is 0.540. The van der Waals surface area contributed by atoms with Gasteiger partial charge >= 0.3 is 6.18 Å². The molecule has 0 fully saturated rings. The number of hydrogen-bond acceptors (Lipinski definition) is 4. The van der Waals surface area contributed by atoms with E-state index in [-0.39, 0.29) is 18.2 Å². The lowest BCUT2D eigenvalue weighted by Crippen LogP contribution is -2.15. The summed E-state index contributed by atoms with van der Waals surface area (Å²) in [6.45, 7) is 1.92. The monoisotopic (exact) mass is 435 g/mol. The van der Waals surface area contributed by atoms with E-state index in [9.17, 15) is 18.0 Å². The summed E-state index contributed by atoms with van der Waals surface area (Å²) in [5.41, 5.74) is 1.08. The van der Waals surface area contributed by atoms with Crippen LogP contribution in [0.4, 0.5) is 18.9 Å². The summed E-state index contributed by atoms with van der Waals surface area (Å²) >= 11 is 6.23. The Labute approximate surface area is 175 Å². The summed E-state index contributed by atoms with van der Waals surface area (Å²) in [6.07, 6.45) is -1.40. The number of halogens is 4. The van der Waals surface area contributed by atoms with Gasteiger partial charge in [-0.25, -0.2) is 4.98 Å². The molecule has 0 unspecified atom stereocenters. The van der Waals surface area contributed by atoms with Crippen molar-refractivity contribution in [2.45, 2.75) is 25.9 Å². The van der Waals surface area contributed by atoms with Gasteiger partial charge in [0.2, 0.25) is 11.8 Å². The first-order valence-electron chi connectivity index (χ1n) is 8.99. The Kier molecular flexibility index (Phi) is 6.56. The van der Waals surface area contributed by atoms with Gasteiger partial charge in [0, 0.05) is 18.5 Å². The summed E-state index contributed by atoms with van der Waals surface area (Å²) in [7, 11) is 0. The van der Waals surface area contributed by atoms with Crippen LogP contribution in [-0.2, 0) is 23.8 Å². The fourth-order valence-electron chi connectivity index (χ4n) is 2.61. The zero-order valence-electron chi connectivity index (χ0n) is 15.8. The Morgan fingerprint density at radius 1 is 1.10 bits per heavy atom. The molecule has 1 amide bonds. The number of aryl methyl sites for hydroxylation is 1. The molecular weight excluding hydrogens is 419 g/mol. The van der Waals surface area contributed by atoms with Gasteiger partial charge in [-0.3, -0.25) is 9.78 Å². The molecule has 3 aromatic rings. The number of carbonyl (C=O) groups is 1. The number of nitrogens with one attached hydrogen (secondary N) is 1.